The number of aromatic nitrogens is 1. The molecule has 1 N–H and O–H groups in total. The van der Waals surface area contributed by atoms with Crippen molar-refractivity contribution in [1.29, 1.82) is 0 Å². The Morgan fingerprint density at radius 1 is 1.07 bits per heavy atom. The summed E-state index contributed by atoms with van der Waals surface area (Å²) in [5.41, 5.74) is -0.456. The van der Waals surface area contributed by atoms with Crippen LogP contribution < -0.4 is 5.32 Å². The molecule has 0 fully saturated rings. The monoisotopic (exact) mass is 420 g/mol. The molecule has 0 saturated heterocycles. The first-order chi connectivity index (χ1) is 13.8. The third kappa shape index (κ3) is 5.00. The van der Waals surface area contributed by atoms with Gasteiger partial charge in [-0.1, -0.05) is 53.8 Å². The second kappa shape index (κ2) is 8.44. The zero-order chi connectivity index (χ0) is 21.0. The molecule has 0 aliphatic rings. The summed E-state index contributed by atoms with van der Waals surface area (Å²) >= 11 is 0.840. The van der Waals surface area contributed by atoms with Crippen molar-refractivity contribution in [3.63, 3.8) is 0 Å². The lowest BCUT2D eigenvalue weighted by Crippen LogP contribution is -2.18. The highest BCUT2D eigenvalue weighted by Crippen LogP contribution is 2.32. The lowest BCUT2D eigenvalue weighted by Gasteiger charge is -2.11. The van der Waals surface area contributed by atoms with Gasteiger partial charge in [0, 0.05) is 0 Å². The summed E-state index contributed by atoms with van der Waals surface area (Å²) in [7, 11) is 0. The quantitative estimate of drug-likeness (QED) is 0.585. The SMILES string of the molecule is Cc1nc(NC(=O)c2ccccc2C(F)(F)F)sc1C(=O)OCc1ccccc1. The van der Waals surface area contributed by atoms with Gasteiger partial charge in [0.2, 0.25) is 0 Å². The Morgan fingerprint density at radius 2 is 1.72 bits per heavy atom. The van der Waals surface area contributed by atoms with E-state index in [0.29, 0.717) is 5.69 Å². The molecule has 1 amide bonds. The van der Waals surface area contributed by atoms with Crippen molar-refractivity contribution < 1.29 is 27.5 Å². The van der Waals surface area contributed by atoms with E-state index in [0.717, 1.165) is 29.0 Å². The molecule has 0 atom stereocenters. The van der Waals surface area contributed by atoms with Gasteiger partial charge in [0.1, 0.15) is 11.5 Å². The minimum atomic E-state index is -4.67. The van der Waals surface area contributed by atoms with Crippen LogP contribution >= 0.6 is 11.3 Å². The maximum absolute atomic E-state index is 13.1. The number of benzene rings is 2. The Kier molecular flexibility index (Phi) is 5.97. The van der Waals surface area contributed by atoms with Gasteiger partial charge in [-0.05, 0) is 24.6 Å². The second-order valence-corrected chi connectivity index (χ2v) is 6.99. The van der Waals surface area contributed by atoms with Gasteiger partial charge in [-0.15, -0.1) is 0 Å². The number of aryl methyl sites for hydroxylation is 1. The Bertz CT molecular complexity index is 1030. The van der Waals surface area contributed by atoms with Crippen molar-refractivity contribution in [3.05, 3.63) is 81.9 Å². The molecule has 2 aromatic carbocycles. The Labute approximate surface area is 168 Å². The van der Waals surface area contributed by atoms with E-state index in [-0.39, 0.29) is 16.6 Å². The topological polar surface area (TPSA) is 68.3 Å². The van der Waals surface area contributed by atoms with Gasteiger partial charge >= 0.3 is 12.1 Å². The summed E-state index contributed by atoms with van der Waals surface area (Å²) in [4.78, 5) is 28.8. The van der Waals surface area contributed by atoms with E-state index in [1.54, 1.807) is 19.1 Å². The molecule has 0 aliphatic carbocycles. The lowest BCUT2D eigenvalue weighted by atomic mass is 10.1. The molecule has 9 heteroatoms. The summed E-state index contributed by atoms with van der Waals surface area (Å²) < 4.78 is 44.5. The van der Waals surface area contributed by atoms with E-state index >= 15 is 0 Å². The molecular weight excluding hydrogens is 405 g/mol. The fraction of sp³-hybridized carbons (Fsp3) is 0.150. The van der Waals surface area contributed by atoms with Crippen LogP contribution in [0.25, 0.3) is 0 Å². The van der Waals surface area contributed by atoms with Crippen LogP contribution in [0.15, 0.2) is 54.6 Å². The number of rotatable bonds is 5. The van der Waals surface area contributed by atoms with Gasteiger partial charge < -0.3 is 4.74 Å². The number of amides is 1. The summed E-state index contributed by atoms with van der Waals surface area (Å²) in [5.74, 6) is -1.59. The van der Waals surface area contributed by atoms with Crippen LogP contribution in [0.2, 0.25) is 0 Å². The van der Waals surface area contributed by atoms with E-state index in [1.165, 1.54) is 12.1 Å². The van der Waals surface area contributed by atoms with Crippen LogP contribution in [0.5, 0.6) is 0 Å². The standard InChI is InChI=1S/C20H15F3N2O3S/c1-12-16(18(27)28-11-13-7-3-2-4-8-13)29-19(24-12)25-17(26)14-9-5-6-10-15(14)20(21,22)23/h2-10H,11H2,1H3,(H,24,25,26). The zero-order valence-corrected chi connectivity index (χ0v) is 15.9. The Morgan fingerprint density at radius 3 is 2.41 bits per heavy atom. The number of thiazole rings is 1. The molecule has 0 bridgehead atoms. The molecule has 29 heavy (non-hydrogen) atoms. The number of hydrogen-bond acceptors (Lipinski definition) is 5. The number of ether oxygens (including phenoxy) is 1. The molecule has 1 heterocycles. The van der Waals surface area contributed by atoms with Gasteiger partial charge in [-0.25, -0.2) is 9.78 Å². The smallest absolute Gasteiger partial charge is 0.417 e. The van der Waals surface area contributed by atoms with Gasteiger partial charge in [-0.3, -0.25) is 10.1 Å². The zero-order valence-electron chi connectivity index (χ0n) is 15.1. The number of halogens is 3. The van der Waals surface area contributed by atoms with Crippen LogP contribution in [0.4, 0.5) is 18.3 Å². The summed E-state index contributed by atoms with van der Waals surface area (Å²) in [6.45, 7) is 1.62. The first-order valence-electron chi connectivity index (χ1n) is 8.42. The van der Waals surface area contributed by atoms with Gasteiger partial charge in [0.25, 0.3) is 5.91 Å². The van der Waals surface area contributed by atoms with Crippen molar-refractivity contribution in [3.8, 4) is 0 Å². The second-order valence-electron chi connectivity index (χ2n) is 5.99. The summed E-state index contributed by atoms with van der Waals surface area (Å²) in [6.07, 6.45) is -4.67. The number of carbonyl (C=O) groups is 2. The lowest BCUT2D eigenvalue weighted by molar-refractivity contribution is -0.137. The van der Waals surface area contributed by atoms with Crippen molar-refractivity contribution in [2.75, 3.05) is 5.32 Å². The minimum absolute atomic E-state index is 0.0103. The van der Waals surface area contributed by atoms with E-state index in [1.807, 2.05) is 18.2 Å². The highest BCUT2D eigenvalue weighted by atomic mass is 32.1. The van der Waals surface area contributed by atoms with Crippen LogP contribution in [-0.4, -0.2) is 16.9 Å². The number of hydrogen-bond donors (Lipinski definition) is 1. The van der Waals surface area contributed by atoms with Crippen molar-refractivity contribution >= 4 is 28.3 Å². The van der Waals surface area contributed by atoms with Gasteiger partial charge in [0.05, 0.1) is 16.8 Å². The third-order valence-corrected chi connectivity index (χ3v) is 4.95. The van der Waals surface area contributed by atoms with Crippen LogP contribution in [0.3, 0.4) is 0 Å². The summed E-state index contributed by atoms with van der Waals surface area (Å²) in [6, 6.07) is 13.5. The largest absolute Gasteiger partial charge is 0.457 e. The molecule has 3 rings (SSSR count). The molecule has 0 unspecified atom stereocenters. The normalized spacial score (nSPS) is 11.2. The molecule has 0 saturated carbocycles. The van der Waals surface area contributed by atoms with Gasteiger partial charge in [0.15, 0.2) is 5.13 Å². The minimum Gasteiger partial charge on any atom is -0.457 e. The molecule has 0 aliphatic heterocycles. The predicted octanol–water partition coefficient (Wildman–Crippen LogP) is 5.08. The number of alkyl halides is 3. The number of nitrogens with one attached hydrogen (secondary N) is 1. The number of carbonyl (C=O) groups excluding carboxylic acids is 2. The number of esters is 1. The molecule has 0 radical (unpaired) electrons. The predicted molar refractivity (Wildman–Crippen MR) is 102 cm³/mol. The molecule has 150 valence electrons. The first-order valence-corrected chi connectivity index (χ1v) is 9.23. The highest BCUT2D eigenvalue weighted by Gasteiger charge is 2.35. The number of anilines is 1. The van der Waals surface area contributed by atoms with Crippen LogP contribution in [-0.2, 0) is 17.5 Å². The average Bonchev–Trinajstić information content (AvgIpc) is 3.06. The van der Waals surface area contributed by atoms with E-state index in [4.69, 9.17) is 4.74 Å². The molecule has 5 nitrogen and oxygen atoms in total. The maximum Gasteiger partial charge on any atom is 0.417 e. The average molecular weight is 420 g/mol. The fourth-order valence-corrected chi connectivity index (χ4v) is 3.38. The third-order valence-electron chi connectivity index (χ3n) is 3.89. The van der Waals surface area contributed by atoms with E-state index < -0.39 is 29.2 Å². The molecule has 3 aromatic rings. The van der Waals surface area contributed by atoms with E-state index in [2.05, 4.69) is 10.3 Å². The first kappa shape index (κ1) is 20.5. The summed E-state index contributed by atoms with van der Waals surface area (Å²) in [5, 5.41) is 2.33. The van der Waals surface area contributed by atoms with Crippen LogP contribution in [0.1, 0.15) is 36.9 Å². The Hall–Kier alpha value is -3.20. The van der Waals surface area contributed by atoms with Crippen LogP contribution in [0, 0.1) is 6.92 Å². The van der Waals surface area contributed by atoms with Gasteiger partial charge in [-0.2, -0.15) is 13.2 Å². The molecular formula is C20H15F3N2O3S. The van der Waals surface area contributed by atoms with Crippen molar-refractivity contribution in [2.24, 2.45) is 0 Å². The maximum atomic E-state index is 13.1. The molecule has 0 spiro atoms. The van der Waals surface area contributed by atoms with E-state index in [9.17, 15) is 22.8 Å². The number of nitrogens with zero attached hydrogens (tertiary/aromatic N) is 1. The molecule has 1 aromatic heterocycles. The highest BCUT2D eigenvalue weighted by molar-refractivity contribution is 7.17. The van der Waals surface area contributed by atoms with Crippen molar-refractivity contribution in [2.45, 2.75) is 19.7 Å². The van der Waals surface area contributed by atoms with Crippen molar-refractivity contribution in [1.82, 2.24) is 4.98 Å². The fourth-order valence-electron chi connectivity index (χ4n) is 2.52. The Balaban J connectivity index is 1.72.